The van der Waals surface area contributed by atoms with E-state index in [0.29, 0.717) is 0 Å². The standard InChI is InChI=1S/C44H30N2O/c1-3-14-36-39(4-2)47-44-41(36)34-20-11-10-19-33(34)40-35-21-12-13-22-38(35)46(43(40)44)31-25-23-28(24-26-31)37-27-30-17-8-9-18-32(30)42(45-37)29-15-6-5-7-16-29/h3-27H,2H2,1H3/b14-3-. The Morgan fingerprint density at radius 3 is 2.06 bits per heavy atom. The third-order valence-corrected chi connectivity index (χ3v) is 9.26. The predicted molar refractivity (Wildman–Crippen MR) is 199 cm³/mol. The highest BCUT2D eigenvalue weighted by Gasteiger charge is 2.24. The van der Waals surface area contributed by atoms with Crippen molar-refractivity contribution in [3.63, 3.8) is 0 Å². The van der Waals surface area contributed by atoms with Crippen LogP contribution in [0.5, 0.6) is 0 Å². The van der Waals surface area contributed by atoms with Gasteiger partial charge in [-0.05, 0) is 53.4 Å². The first-order chi connectivity index (χ1) is 23.2. The van der Waals surface area contributed by atoms with E-state index in [2.05, 4.69) is 151 Å². The van der Waals surface area contributed by atoms with Crippen LogP contribution in [-0.4, -0.2) is 9.55 Å². The summed E-state index contributed by atoms with van der Waals surface area (Å²) in [4.78, 5) is 5.21. The van der Waals surface area contributed by atoms with Crippen molar-refractivity contribution in [3.8, 4) is 28.2 Å². The number of benzene rings is 6. The van der Waals surface area contributed by atoms with E-state index in [-0.39, 0.29) is 0 Å². The molecule has 0 radical (unpaired) electrons. The molecule has 0 N–H and O–H groups in total. The van der Waals surface area contributed by atoms with E-state index < -0.39 is 0 Å². The summed E-state index contributed by atoms with van der Waals surface area (Å²) < 4.78 is 9.05. The molecule has 0 saturated heterocycles. The molecule has 0 spiro atoms. The summed E-state index contributed by atoms with van der Waals surface area (Å²) in [6.07, 6.45) is 6.01. The molecule has 3 nitrogen and oxygen atoms in total. The lowest BCUT2D eigenvalue weighted by Crippen LogP contribution is -1.95. The topological polar surface area (TPSA) is 31.0 Å². The van der Waals surface area contributed by atoms with Gasteiger partial charge in [0.15, 0.2) is 5.58 Å². The average molecular weight is 603 g/mol. The van der Waals surface area contributed by atoms with Gasteiger partial charge in [0, 0.05) is 43.9 Å². The Kier molecular flexibility index (Phi) is 6.19. The molecule has 0 saturated carbocycles. The highest BCUT2D eigenvalue weighted by molar-refractivity contribution is 6.32. The lowest BCUT2D eigenvalue weighted by atomic mass is 9.97. The molecule has 3 aromatic heterocycles. The van der Waals surface area contributed by atoms with Gasteiger partial charge in [-0.25, -0.2) is 4.98 Å². The fourth-order valence-electron chi connectivity index (χ4n) is 7.24. The van der Waals surface area contributed by atoms with Crippen molar-refractivity contribution < 1.29 is 4.42 Å². The van der Waals surface area contributed by atoms with Crippen molar-refractivity contribution >= 4 is 66.5 Å². The molecule has 222 valence electrons. The van der Waals surface area contributed by atoms with Gasteiger partial charge >= 0.3 is 0 Å². The largest absolute Gasteiger partial charge is 0.454 e. The van der Waals surface area contributed by atoms with E-state index in [0.717, 1.165) is 66.9 Å². The Morgan fingerprint density at radius 2 is 1.32 bits per heavy atom. The Bertz CT molecular complexity index is 2690. The van der Waals surface area contributed by atoms with E-state index in [1.54, 1.807) is 0 Å². The molecule has 0 atom stereocenters. The number of hydrogen-bond donors (Lipinski definition) is 0. The number of para-hydroxylation sites is 1. The molecule has 0 aliphatic rings. The van der Waals surface area contributed by atoms with Crippen molar-refractivity contribution in [2.75, 3.05) is 0 Å². The molecular formula is C44H30N2O. The van der Waals surface area contributed by atoms with E-state index in [9.17, 15) is 0 Å². The predicted octanol–water partition coefficient (Wildman–Crippen LogP) is 12.2. The van der Waals surface area contributed by atoms with Crippen molar-refractivity contribution in [2.45, 2.75) is 6.92 Å². The van der Waals surface area contributed by atoms with E-state index in [1.165, 1.54) is 26.9 Å². The normalized spacial score (nSPS) is 11.9. The number of furan rings is 1. The lowest BCUT2D eigenvalue weighted by molar-refractivity contribution is 0.605. The second-order valence-corrected chi connectivity index (χ2v) is 11.9. The quantitative estimate of drug-likeness (QED) is 0.196. The first-order valence-corrected chi connectivity index (χ1v) is 16.0. The molecular weight excluding hydrogens is 572 g/mol. The maximum Gasteiger partial charge on any atom is 0.160 e. The summed E-state index contributed by atoms with van der Waals surface area (Å²) in [6.45, 7) is 6.13. The van der Waals surface area contributed by atoms with Crippen LogP contribution >= 0.6 is 0 Å². The molecule has 0 fully saturated rings. The van der Waals surface area contributed by atoms with Gasteiger partial charge in [-0.3, -0.25) is 0 Å². The Balaban J connectivity index is 1.31. The Hall–Kier alpha value is -6.19. The molecule has 3 heteroatoms. The minimum Gasteiger partial charge on any atom is -0.454 e. The van der Waals surface area contributed by atoms with Gasteiger partial charge in [0.25, 0.3) is 0 Å². The zero-order valence-corrected chi connectivity index (χ0v) is 25.9. The van der Waals surface area contributed by atoms with E-state index in [4.69, 9.17) is 9.40 Å². The number of rotatable bonds is 5. The van der Waals surface area contributed by atoms with Crippen LogP contribution in [0.25, 0.3) is 94.7 Å². The molecule has 47 heavy (non-hydrogen) atoms. The molecule has 9 rings (SSSR count). The zero-order valence-electron chi connectivity index (χ0n) is 25.9. The number of aromatic nitrogens is 2. The van der Waals surface area contributed by atoms with Crippen LogP contribution < -0.4 is 0 Å². The molecule has 0 amide bonds. The van der Waals surface area contributed by atoms with Crippen molar-refractivity contribution in [3.05, 3.63) is 157 Å². The molecule has 0 aliphatic carbocycles. The average Bonchev–Trinajstić information content (AvgIpc) is 3.68. The Labute approximate surface area is 272 Å². The van der Waals surface area contributed by atoms with Crippen molar-refractivity contribution in [1.82, 2.24) is 9.55 Å². The summed E-state index contributed by atoms with van der Waals surface area (Å²) in [5, 5.41) is 8.19. The fourth-order valence-corrected chi connectivity index (χ4v) is 7.24. The zero-order chi connectivity index (χ0) is 31.5. The number of fused-ring (bicyclic) bond motifs is 9. The first kappa shape index (κ1) is 27.1. The Morgan fingerprint density at radius 1 is 0.660 bits per heavy atom. The summed E-state index contributed by atoms with van der Waals surface area (Å²) in [6, 6.07) is 47.2. The summed E-state index contributed by atoms with van der Waals surface area (Å²) in [7, 11) is 0. The summed E-state index contributed by atoms with van der Waals surface area (Å²) in [5.41, 5.74) is 9.28. The van der Waals surface area contributed by atoms with Crippen LogP contribution in [-0.2, 0) is 0 Å². The minimum atomic E-state index is 0.777. The van der Waals surface area contributed by atoms with Gasteiger partial charge in [-0.1, -0.05) is 128 Å². The molecule has 6 aromatic carbocycles. The first-order valence-electron chi connectivity index (χ1n) is 16.0. The maximum atomic E-state index is 6.70. The second-order valence-electron chi connectivity index (χ2n) is 11.9. The number of hydrogen-bond acceptors (Lipinski definition) is 2. The fraction of sp³-hybridized carbons (Fsp3) is 0.0227. The number of nitrogens with zero attached hydrogens (tertiary/aromatic N) is 2. The highest BCUT2D eigenvalue weighted by atomic mass is 16.3. The van der Waals surface area contributed by atoms with Gasteiger partial charge in [0.2, 0.25) is 0 Å². The van der Waals surface area contributed by atoms with Gasteiger partial charge in [0.05, 0.1) is 22.4 Å². The van der Waals surface area contributed by atoms with Gasteiger partial charge in [0.1, 0.15) is 5.76 Å². The van der Waals surface area contributed by atoms with Crippen molar-refractivity contribution in [1.29, 1.82) is 0 Å². The van der Waals surface area contributed by atoms with Crippen LogP contribution in [0.4, 0.5) is 0 Å². The maximum absolute atomic E-state index is 6.70. The molecule has 0 aliphatic heterocycles. The smallest absolute Gasteiger partial charge is 0.160 e. The molecule has 0 unspecified atom stereocenters. The van der Waals surface area contributed by atoms with Crippen LogP contribution in [0.3, 0.4) is 0 Å². The van der Waals surface area contributed by atoms with Gasteiger partial charge in [-0.15, -0.1) is 0 Å². The van der Waals surface area contributed by atoms with E-state index in [1.807, 2.05) is 19.1 Å². The molecule has 0 bridgehead atoms. The van der Waals surface area contributed by atoms with Gasteiger partial charge < -0.3 is 8.98 Å². The lowest BCUT2D eigenvalue weighted by Gasteiger charge is -2.12. The second kappa shape index (κ2) is 10.7. The third-order valence-electron chi connectivity index (χ3n) is 9.26. The van der Waals surface area contributed by atoms with E-state index >= 15 is 0 Å². The van der Waals surface area contributed by atoms with Crippen LogP contribution in [0, 0.1) is 0 Å². The monoisotopic (exact) mass is 602 g/mol. The third kappa shape index (κ3) is 4.10. The highest BCUT2D eigenvalue weighted by Crippen LogP contribution is 2.45. The summed E-state index contributed by atoms with van der Waals surface area (Å²) in [5.74, 6) is 0.777. The molecule has 3 heterocycles. The van der Waals surface area contributed by atoms with Crippen LogP contribution in [0.15, 0.2) is 151 Å². The SMILES string of the molecule is C=Cc1oc2c(c1/C=C\C)c1ccccc1c1c3ccccc3n(-c3ccc(-c4cc5ccccc5c(-c5ccccc5)n4)cc3)c21. The van der Waals surface area contributed by atoms with Crippen LogP contribution in [0.1, 0.15) is 18.2 Å². The number of allylic oxidation sites excluding steroid dienone is 1. The molecule has 9 aromatic rings. The summed E-state index contributed by atoms with van der Waals surface area (Å²) >= 11 is 0. The van der Waals surface area contributed by atoms with Crippen LogP contribution in [0.2, 0.25) is 0 Å². The minimum absolute atomic E-state index is 0.777. The van der Waals surface area contributed by atoms with Crippen molar-refractivity contribution in [2.24, 2.45) is 0 Å². The number of pyridine rings is 1. The van der Waals surface area contributed by atoms with Gasteiger partial charge in [-0.2, -0.15) is 0 Å².